The quantitative estimate of drug-likeness (QED) is 0.704. The predicted octanol–water partition coefficient (Wildman–Crippen LogP) is 4.18. The van der Waals surface area contributed by atoms with Crippen LogP contribution in [0.25, 0.3) is 0 Å². The zero-order chi connectivity index (χ0) is 20.0. The molecule has 1 amide bonds. The van der Waals surface area contributed by atoms with Crippen LogP contribution in [0.4, 0.5) is 5.69 Å². The van der Waals surface area contributed by atoms with Crippen LogP contribution in [-0.4, -0.2) is 33.8 Å². The van der Waals surface area contributed by atoms with Gasteiger partial charge < -0.3 is 14.8 Å². The van der Waals surface area contributed by atoms with Crippen molar-refractivity contribution in [2.45, 2.75) is 25.2 Å². The lowest BCUT2D eigenvalue weighted by atomic mass is 10.1. The minimum Gasteiger partial charge on any atom is -0.490 e. The number of carbonyl (C=O) groups is 1. The van der Waals surface area contributed by atoms with Crippen molar-refractivity contribution in [3.05, 3.63) is 47.0 Å². The maximum absolute atomic E-state index is 12.6. The molecule has 0 unspecified atom stereocenters. The largest absolute Gasteiger partial charge is 0.490 e. The third kappa shape index (κ3) is 5.61. The van der Waals surface area contributed by atoms with E-state index in [-0.39, 0.29) is 15.5 Å². The second-order valence-corrected chi connectivity index (χ2v) is 8.24. The number of amides is 1. The van der Waals surface area contributed by atoms with E-state index >= 15 is 0 Å². The van der Waals surface area contributed by atoms with Crippen molar-refractivity contribution in [1.29, 1.82) is 0 Å². The Morgan fingerprint density at radius 3 is 2.52 bits per heavy atom. The Bertz CT molecular complexity index is 928. The standard InChI is InChI=1S/C19H22ClNO5S/c1-4-9-26-18-16(20)10-13(11-17(18)25-5-2)19(22)21-14-7-6-8-15(12-14)27(3,23)24/h6-8,10-12H,4-5,9H2,1-3H3,(H,21,22). The molecule has 6 nitrogen and oxygen atoms in total. The SMILES string of the molecule is CCCOc1c(Cl)cc(C(=O)Nc2cccc(S(C)(=O)=O)c2)cc1OCC. The lowest BCUT2D eigenvalue weighted by Crippen LogP contribution is -2.13. The summed E-state index contributed by atoms with van der Waals surface area (Å²) < 4.78 is 34.5. The van der Waals surface area contributed by atoms with Gasteiger partial charge in [0.25, 0.3) is 5.91 Å². The van der Waals surface area contributed by atoms with E-state index in [1.165, 1.54) is 18.2 Å². The molecular weight excluding hydrogens is 390 g/mol. The Morgan fingerprint density at radius 2 is 1.89 bits per heavy atom. The summed E-state index contributed by atoms with van der Waals surface area (Å²) in [6.07, 6.45) is 1.91. The van der Waals surface area contributed by atoms with Crippen LogP contribution in [0.5, 0.6) is 11.5 Å². The first-order chi connectivity index (χ1) is 12.8. The summed E-state index contributed by atoms with van der Waals surface area (Å²) in [5.74, 6) is 0.343. The van der Waals surface area contributed by atoms with Crippen molar-refractivity contribution in [2.75, 3.05) is 24.8 Å². The fraction of sp³-hybridized carbons (Fsp3) is 0.316. The molecule has 2 aromatic rings. The monoisotopic (exact) mass is 411 g/mol. The van der Waals surface area contributed by atoms with Gasteiger partial charge in [-0.25, -0.2) is 8.42 Å². The molecule has 8 heteroatoms. The summed E-state index contributed by atoms with van der Waals surface area (Å²) in [5.41, 5.74) is 0.639. The Hall–Kier alpha value is -2.25. The van der Waals surface area contributed by atoms with Crippen LogP contribution < -0.4 is 14.8 Å². The van der Waals surface area contributed by atoms with Crippen LogP contribution in [0.2, 0.25) is 5.02 Å². The van der Waals surface area contributed by atoms with Crippen molar-refractivity contribution < 1.29 is 22.7 Å². The molecule has 0 heterocycles. The number of hydrogen-bond acceptors (Lipinski definition) is 5. The second kappa shape index (κ2) is 9.10. The van der Waals surface area contributed by atoms with Gasteiger partial charge >= 0.3 is 0 Å². The number of sulfone groups is 1. The lowest BCUT2D eigenvalue weighted by molar-refractivity contribution is 0.102. The highest BCUT2D eigenvalue weighted by Crippen LogP contribution is 2.37. The summed E-state index contributed by atoms with van der Waals surface area (Å²) in [4.78, 5) is 12.7. The van der Waals surface area contributed by atoms with Gasteiger partial charge in [0.2, 0.25) is 0 Å². The molecule has 0 fully saturated rings. The van der Waals surface area contributed by atoms with Crippen LogP contribution in [-0.2, 0) is 9.84 Å². The first kappa shape index (κ1) is 21.1. The number of anilines is 1. The topological polar surface area (TPSA) is 81.7 Å². The maximum atomic E-state index is 12.6. The molecule has 2 aromatic carbocycles. The number of rotatable bonds is 8. The normalized spacial score (nSPS) is 11.1. The second-order valence-electron chi connectivity index (χ2n) is 5.82. The fourth-order valence-electron chi connectivity index (χ4n) is 2.31. The molecule has 27 heavy (non-hydrogen) atoms. The molecule has 0 saturated heterocycles. The Kier molecular flexibility index (Phi) is 7.10. The summed E-state index contributed by atoms with van der Waals surface area (Å²) >= 11 is 6.27. The summed E-state index contributed by atoms with van der Waals surface area (Å²) in [6.45, 7) is 4.66. The van der Waals surface area contributed by atoms with Crippen LogP contribution in [0.15, 0.2) is 41.3 Å². The van der Waals surface area contributed by atoms with E-state index in [4.69, 9.17) is 21.1 Å². The van der Waals surface area contributed by atoms with Crippen molar-refractivity contribution in [3.8, 4) is 11.5 Å². The Balaban J connectivity index is 2.31. The maximum Gasteiger partial charge on any atom is 0.255 e. The van der Waals surface area contributed by atoms with E-state index in [1.54, 1.807) is 18.2 Å². The molecule has 0 aliphatic rings. The first-order valence-electron chi connectivity index (χ1n) is 8.46. The minimum atomic E-state index is -3.37. The molecule has 0 aliphatic heterocycles. The van der Waals surface area contributed by atoms with Gasteiger partial charge in [-0.2, -0.15) is 0 Å². The zero-order valence-corrected chi connectivity index (χ0v) is 17.0. The minimum absolute atomic E-state index is 0.122. The summed E-state index contributed by atoms with van der Waals surface area (Å²) in [6, 6.07) is 9.08. The van der Waals surface area contributed by atoms with Crippen LogP contribution >= 0.6 is 11.6 Å². The van der Waals surface area contributed by atoms with Crippen LogP contribution in [0.3, 0.4) is 0 Å². The molecule has 146 valence electrons. The molecule has 0 aliphatic carbocycles. The Morgan fingerprint density at radius 1 is 1.15 bits per heavy atom. The van der Waals surface area contributed by atoms with Gasteiger partial charge in [0, 0.05) is 17.5 Å². The van der Waals surface area contributed by atoms with Crippen molar-refractivity contribution >= 4 is 33.0 Å². The van der Waals surface area contributed by atoms with E-state index in [0.29, 0.717) is 30.4 Å². The molecule has 0 radical (unpaired) electrons. The molecule has 0 aromatic heterocycles. The predicted molar refractivity (Wildman–Crippen MR) is 106 cm³/mol. The highest BCUT2D eigenvalue weighted by Gasteiger charge is 2.17. The van der Waals surface area contributed by atoms with Crippen molar-refractivity contribution in [3.63, 3.8) is 0 Å². The van der Waals surface area contributed by atoms with E-state index < -0.39 is 15.7 Å². The number of nitrogens with one attached hydrogen (secondary N) is 1. The van der Waals surface area contributed by atoms with Crippen molar-refractivity contribution in [2.24, 2.45) is 0 Å². The average molecular weight is 412 g/mol. The van der Waals surface area contributed by atoms with E-state index in [1.807, 2.05) is 13.8 Å². The van der Waals surface area contributed by atoms with Crippen molar-refractivity contribution in [1.82, 2.24) is 0 Å². The molecular formula is C19H22ClNO5S. The average Bonchev–Trinajstić information content (AvgIpc) is 2.60. The number of benzene rings is 2. The molecule has 0 atom stereocenters. The third-order valence-corrected chi connectivity index (χ3v) is 4.93. The van der Waals surface area contributed by atoms with E-state index in [0.717, 1.165) is 12.7 Å². The number of halogens is 1. The zero-order valence-electron chi connectivity index (χ0n) is 15.4. The van der Waals surface area contributed by atoms with Gasteiger partial charge in [0.15, 0.2) is 21.3 Å². The fourth-order valence-corrected chi connectivity index (χ4v) is 3.25. The smallest absolute Gasteiger partial charge is 0.255 e. The van der Waals surface area contributed by atoms with Gasteiger partial charge in [-0.3, -0.25) is 4.79 Å². The third-order valence-electron chi connectivity index (χ3n) is 3.54. The highest BCUT2D eigenvalue weighted by molar-refractivity contribution is 7.90. The number of hydrogen-bond donors (Lipinski definition) is 1. The molecule has 0 saturated carbocycles. The summed E-state index contributed by atoms with van der Waals surface area (Å²) in [7, 11) is -3.37. The molecule has 0 spiro atoms. The molecule has 2 rings (SSSR count). The van der Waals surface area contributed by atoms with Crippen LogP contribution in [0.1, 0.15) is 30.6 Å². The Labute approximate surface area is 164 Å². The number of carbonyl (C=O) groups excluding carboxylic acids is 1. The van der Waals surface area contributed by atoms with E-state index in [9.17, 15) is 13.2 Å². The van der Waals surface area contributed by atoms with Crippen LogP contribution in [0, 0.1) is 0 Å². The first-order valence-corrected chi connectivity index (χ1v) is 10.7. The van der Waals surface area contributed by atoms with Gasteiger partial charge in [-0.1, -0.05) is 24.6 Å². The number of ether oxygens (including phenoxy) is 2. The molecule has 0 bridgehead atoms. The lowest BCUT2D eigenvalue weighted by Gasteiger charge is -2.15. The van der Waals surface area contributed by atoms with E-state index in [2.05, 4.69) is 5.32 Å². The summed E-state index contributed by atoms with van der Waals surface area (Å²) in [5, 5.41) is 2.94. The highest BCUT2D eigenvalue weighted by atomic mass is 35.5. The van der Waals surface area contributed by atoms with Gasteiger partial charge in [-0.15, -0.1) is 0 Å². The van der Waals surface area contributed by atoms with Gasteiger partial charge in [-0.05, 0) is 43.7 Å². The molecule has 1 N–H and O–H groups in total. The van der Waals surface area contributed by atoms with Gasteiger partial charge in [0.05, 0.1) is 23.1 Å². The van der Waals surface area contributed by atoms with Gasteiger partial charge in [0.1, 0.15) is 0 Å².